The first-order valence-electron chi connectivity index (χ1n) is 10.1. The number of hydrogen-bond acceptors (Lipinski definition) is 6. The van der Waals surface area contributed by atoms with Crippen molar-refractivity contribution in [2.75, 3.05) is 0 Å². The van der Waals surface area contributed by atoms with Crippen LogP contribution < -0.4 is 0 Å². The van der Waals surface area contributed by atoms with Crippen LogP contribution in [0.1, 0.15) is 11.4 Å². The number of rotatable bonds is 5. The van der Waals surface area contributed by atoms with E-state index in [9.17, 15) is 0 Å². The molecule has 0 saturated carbocycles. The lowest BCUT2D eigenvalue weighted by molar-refractivity contribution is 1.12. The third kappa shape index (κ3) is 3.77. The van der Waals surface area contributed by atoms with E-state index in [-0.39, 0.29) is 0 Å². The van der Waals surface area contributed by atoms with Crippen LogP contribution in [-0.2, 0) is 0 Å². The molecule has 0 saturated heterocycles. The lowest BCUT2D eigenvalue weighted by Gasteiger charge is -2.15. The first kappa shape index (κ1) is 19.4. The first-order chi connectivity index (χ1) is 15.8. The molecule has 6 nitrogen and oxygen atoms in total. The summed E-state index contributed by atoms with van der Waals surface area (Å²) in [6, 6.07) is 22.8. The second-order valence-electron chi connectivity index (χ2n) is 6.96. The molecule has 0 aromatic carbocycles. The van der Waals surface area contributed by atoms with Crippen LogP contribution in [0.2, 0.25) is 0 Å². The molecule has 32 heavy (non-hydrogen) atoms. The Morgan fingerprint density at radius 2 is 0.969 bits per heavy atom. The van der Waals surface area contributed by atoms with Crippen molar-refractivity contribution in [3.05, 3.63) is 116 Å². The van der Waals surface area contributed by atoms with Gasteiger partial charge in [-0.2, -0.15) is 0 Å². The van der Waals surface area contributed by atoms with Crippen molar-refractivity contribution < 1.29 is 0 Å². The van der Waals surface area contributed by atoms with Crippen LogP contribution in [0.5, 0.6) is 0 Å². The van der Waals surface area contributed by atoms with E-state index in [0.29, 0.717) is 45.4 Å². The average molecular weight is 414 g/mol. The van der Waals surface area contributed by atoms with Gasteiger partial charge in [0.05, 0.1) is 22.8 Å². The van der Waals surface area contributed by atoms with Gasteiger partial charge in [-0.1, -0.05) is 30.8 Å². The van der Waals surface area contributed by atoms with E-state index >= 15 is 0 Å². The van der Waals surface area contributed by atoms with Gasteiger partial charge in [-0.05, 0) is 48.5 Å². The molecule has 0 amide bonds. The molecule has 0 radical (unpaired) electrons. The fraction of sp³-hybridized carbons (Fsp3) is 0. The minimum absolute atomic E-state index is 0.600. The van der Waals surface area contributed by atoms with Gasteiger partial charge >= 0.3 is 0 Å². The molecular weight excluding hydrogens is 396 g/mol. The molecule has 0 atom stereocenters. The van der Waals surface area contributed by atoms with Crippen molar-refractivity contribution in [1.29, 1.82) is 0 Å². The third-order valence-corrected chi connectivity index (χ3v) is 4.88. The van der Waals surface area contributed by atoms with Crippen LogP contribution in [-0.4, -0.2) is 29.9 Å². The van der Waals surface area contributed by atoms with Crippen LogP contribution in [0.4, 0.5) is 0 Å². The highest BCUT2D eigenvalue weighted by Gasteiger charge is 2.22. The van der Waals surface area contributed by atoms with E-state index in [1.165, 1.54) is 0 Å². The second kappa shape index (κ2) is 8.65. The van der Waals surface area contributed by atoms with Gasteiger partial charge in [-0.25, -0.2) is 9.97 Å². The van der Waals surface area contributed by atoms with Gasteiger partial charge in [-0.15, -0.1) is 0 Å². The molecule has 0 aliphatic rings. The summed E-state index contributed by atoms with van der Waals surface area (Å²) < 4.78 is 0. The van der Waals surface area contributed by atoms with Crippen LogP contribution >= 0.6 is 0 Å². The fourth-order valence-corrected chi connectivity index (χ4v) is 3.35. The normalized spacial score (nSPS) is 10.6. The highest BCUT2D eigenvalue weighted by atomic mass is 14.9. The topological polar surface area (TPSA) is 77.3 Å². The first-order valence-corrected chi connectivity index (χ1v) is 10.1. The smallest absolute Gasteiger partial charge is 0.117 e. The van der Waals surface area contributed by atoms with Crippen molar-refractivity contribution in [3.63, 3.8) is 0 Å². The van der Waals surface area contributed by atoms with Crippen molar-refractivity contribution in [1.82, 2.24) is 29.9 Å². The maximum absolute atomic E-state index is 5.03. The molecule has 5 rings (SSSR count). The Kier molecular flexibility index (Phi) is 5.24. The molecule has 6 heteroatoms. The lowest BCUT2D eigenvalue weighted by atomic mass is 10.0. The Morgan fingerprint density at radius 1 is 0.500 bits per heavy atom. The molecule has 0 unspecified atom stereocenters. The number of aromatic nitrogens is 6. The molecule has 5 aromatic rings. The molecule has 0 spiro atoms. The quantitative estimate of drug-likeness (QED) is 0.397. The number of hydrogen-bond donors (Lipinski definition) is 0. The molecule has 5 aromatic heterocycles. The van der Waals surface area contributed by atoms with Crippen LogP contribution in [0.3, 0.4) is 0 Å². The highest BCUT2D eigenvalue weighted by Crippen LogP contribution is 2.34. The van der Waals surface area contributed by atoms with E-state index < -0.39 is 0 Å². The minimum Gasteiger partial charge on any atom is -0.256 e. The Labute approximate surface area is 185 Å². The summed E-state index contributed by atoms with van der Waals surface area (Å²) in [5.41, 5.74) is 5.93. The highest BCUT2D eigenvalue weighted by molar-refractivity contribution is 5.86. The summed E-state index contributed by atoms with van der Waals surface area (Å²) >= 11 is 0. The van der Waals surface area contributed by atoms with Gasteiger partial charge in [0.15, 0.2) is 0 Å². The largest absolute Gasteiger partial charge is 0.256 e. The van der Waals surface area contributed by atoms with Gasteiger partial charge < -0.3 is 0 Å². The van der Waals surface area contributed by atoms with E-state index in [0.717, 1.165) is 5.69 Å². The summed E-state index contributed by atoms with van der Waals surface area (Å²) in [5, 5.41) is 0. The number of pyridine rings is 4. The van der Waals surface area contributed by atoms with Crippen LogP contribution in [0.15, 0.2) is 104 Å². The van der Waals surface area contributed by atoms with E-state index in [4.69, 9.17) is 9.97 Å². The summed E-state index contributed by atoms with van der Waals surface area (Å²) in [6.07, 6.45) is 6.94. The maximum atomic E-state index is 5.03. The molecule has 0 bridgehead atoms. The van der Waals surface area contributed by atoms with Gasteiger partial charge in [0.1, 0.15) is 22.8 Å². The van der Waals surface area contributed by atoms with Crippen molar-refractivity contribution >= 4 is 5.57 Å². The Hall–Kier alpha value is -4.58. The minimum atomic E-state index is 0.600. The van der Waals surface area contributed by atoms with Crippen LogP contribution in [0.25, 0.3) is 39.7 Å². The summed E-state index contributed by atoms with van der Waals surface area (Å²) in [7, 11) is 0. The zero-order valence-corrected chi connectivity index (χ0v) is 17.1. The monoisotopic (exact) mass is 414 g/mol. The van der Waals surface area contributed by atoms with E-state index in [1.54, 1.807) is 24.8 Å². The lowest BCUT2D eigenvalue weighted by Crippen LogP contribution is -2.06. The average Bonchev–Trinajstić information content (AvgIpc) is 2.89. The Balaban J connectivity index is 1.82. The van der Waals surface area contributed by atoms with Crippen LogP contribution in [0, 0.1) is 0 Å². The second-order valence-corrected chi connectivity index (χ2v) is 6.96. The van der Waals surface area contributed by atoms with Gasteiger partial charge in [0, 0.05) is 30.4 Å². The standard InChI is InChI=1S/C26H18N6/c1-18(19-10-2-6-14-27-19)23-24(20-11-3-7-15-28-20)32-26(22-13-5-9-17-30-22)25(31-23)21-12-4-8-16-29-21/h2-17H,1H2. The molecule has 0 fully saturated rings. The third-order valence-electron chi connectivity index (χ3n) is 4.88. The molecule has 0 N–H and O–H groups in total. The SMILES string of the molecule is C=C(c1ccccn1)c1nc(-c2ccccn2)c(-c2ccccn2)nc1-c1ccccn1. The van der Waals surface area contributed by atoms with E-state index in [1.807, 2.05) is 72.8 Å². The molecule has 0 aliphatic carbocycles. The van der Waals surface area contributed by atoms with Crippen molar-refractivity contribution in [3.8, 4) is 34.2 Å². The molecule has 5 heterocycles. The van der Waals surface area contributed by atoms with Crippen molar-refractivity contribution in [2.24, 2.45) is 0 Å². The zero-order valence-electron chi connectivity index (χ0n) is 17.1. The summed E-state index contributed by atoms with van der Waals surface area (Å²) in [4.78, 5) is 28.1. The van der Waals surface area contributed by atoms with Gasteiger partial charge in [0.2, 0.25) is 0 Å². The summed E-state index contributed by atoms with van der Waals surface area (Å²) in [6.45, 7) is 4.29. The van der Waals surface area contributed by atoms with Gasteiger partial charge in [0.25, 0.3) is 0 Å². The fourth-order valence-electron chi connectivity index (χ4n) is 3.35. The molecule has 0 aliphatic heterocycles. The van der Waals surface area contributed by atoms with E-state index in [2.05, 4.69) is 26.5 Å². The zero-order chi connectivity index (χ0) is 21.8. The predicted octanol–water partition coefficient (Wildman–Crippen LogP) is 5.12. The van der Waals surface area contributed by atoms with Crippen molar-refractivity contribution in [2.45, 2.75) is 0 Å². The Morgan fingerprint density at radius 3 is 1.44 bits per heavy atom. The Bertz CT molecular complexity index is 1360. The predicted molar refractivity (Wildman–Crippen MR) is 124 cm³/mol. The molecule has 152 valence electrons. The molecular formula is C26H18N6. The number of nitrogens with zero attached hydrogens (tertiary/aromatic N) is 6. The maximum Gasteiger partial charge on any atom is 0.117 e. The summed E-state index contributed by atoms with van der Waals surface area (Å²) in [5.74, 6) is 0. The van der Waals surface area contributed by atoms with Gasteiger partial charge in [-0.3, -0.25) is 19.9 Å².